The molecule has 33 heavy (non-hydrogen) atoms. The van der Waals surface area contributed by atoms with Gasteiger partial charge in [0.05, 0.1) is 17.5 Å². The zero-order valence-electron chi connectivity index (χ0n) is 20.2. The van der Waals surface area contributed by atoms with Gasteiger partial charge in [0.2, 0.25) is 0 Å². The zero-order valence-corrected chi connectivity index (χ0v) is 20.2. The van der Waals surface area contributed by atoms with E-state index in [2.05, 4.69) is 45.0 Å². The van der Waals surface area contributed by atoms with Crippen molar-refractivity contribution in [3.8, 4) is 0 Å². The molecule has 0 fully saturated rings. The number of ether oxygens (including phenoxy) is 1. The third kappa shape index (κ3) is 6.39. The minimum absolute atomic E-state index is 0.157. The Bertz CT molecular complexity index is 1040. The van der Waals surface area contributed by atoms with E-state index in [0.29, 0.717) is 6.42 Å². The SMILES string of the molecule is CC(C)OC(=O)[C@@](N)(CC(C)(C)C)c1ccc(N=C(c2ccccc2)c2ccccc2)cc1. The van der Waals surface area contributed by atoms with Gasteiger partial charge in [0.25, 0.3) is 0 Å². The van der Waals surface area contributed by atoms with Crippen LogP contribution < -0.4 is 5.73 Å². The number of esters is 1. The number of carbonyl (C=O) groups is 1. The molecule has 172 valence electrons. The molecular formula is C29H34N2O2. The second-order valence-electron chi connectivity index (χ2n) is 9.90. The lowest BCUT2D eigenvalue weighted by atomic mass is 9.76. The van der Waals surface area contributed by atoms with Crippen molar-refractivity contribution in [3.63, 3.8) is 0 Å². The van der Waals surface area contributed by atoms with Crippen LogP contribution in [0.5, 0.6) is 0 Å². The molecule has 2 N–H and O–H groups in total. The van der Waals surface area contributed by atoms with Gasteiger partial charge in [-0.25, -0.2) is 9.79 Å². The van der Waals surface area contributed by atoms with Gasteiger partial charge < -0.3 is 10.5 Å². The molecule has 3 rings (SSSR count). The summed E-state index contributed by atoms with van der Waals surface area (Å²) in [5.74, 6) is -0.405. The fourth-order valence-corrected chi connectivity index (χ4v) is 3.90. The molecule has 0 unspecified atom stereocenters. The molecule has 1 atom stereocenters. The van der Waals surface area contributed by atoms with Crippen LogP contribution in [0.2, 0.25) is 0 Å². The summed E-state index contributed by atoms with van der Waals surface area (Å²) >= 11 is 0. The second-order valence-corrected chi connectivity index (χ2v) is 9.90. The third-order valence-electron chi connectivity index (χ3n) is 5.23. The molecular weight excluding hydrogens is 408 g/mol. The van der Waals surface area contributed by atoms with Gasteiger partial charge in [-0.2, -0.15) is 0 Å². The highest BCUT2D eigenvalue weighted by Gasteiger charge is 2.41. The topological polar surface area (TPSA) is 64.7 Å². The van der Waals surface area contributed by atoms with E-state index in [1.54, 1.807) is 0 Å². The van der Waals surface area contributed by atoms with Crippen molar-refractivity contribution in [1.82, 2.24) is 0 Å². The number of benzene rings is 3. The van der Waals surface area contributed by atoms with Crippen LogP contribution in [0.25, 0.3) is 0 Å². The molecule has 3 aromatic carbocycles. The smallest absolute Gasteiger partial charge is 0.331 e. The van der Waals surface area contributed by atoms with Crippen LogP contribution in [0.4, 0.5) is 5.69 Å². The van der Waals surface area contributed by atoms with Gasteiger partial charge in [0, 0.05) is 11.1 Å². The van der Waals surface area contributed by atoms with Crippen molar-refractivity contribution in [2.24, 2.45) is 16.1 Å². The minimum atomic E-state index is -1.23. The number of rotatable bonds is 7. The summed E-state index contributed by atoms with van der Waals surface area (Å²) in [7, 11) is 0. The Labute approximate surface area is 197 Å². The van der Waals surface area contributed by atoms with Crippen molar-refractivity contribution in [2.75, 3.05) is 0 Å². The lowest BCUT2D eigenvalue weighted by molar-refractivity contribution is -0.156. The molecule has 3 aromatic rings. The molecule has 0 saturated carbocycles. The molecule has 0 aliphatic carbocycles. The highest BCUT2D eigenvalue weighted by molar-refractivity contribution is 6.13. The molecule has 0 bridgehead atoms. The maximum atomic E-state index is 13.0. The molecule has 4 nitrogen and oxygen atoms in total. The summed E-state index contributed by atoms with van der Waals surface area (Å²) in [6.45, 7) is 9.88. The van der Waals surface area contributed by atoms with Gasteiger partial charge in [-0.15, -0.1) is 0 Å². The maximum absolute atomic E-state index is 13.0. The average Bonchev–Trinajstić information content (AvgIpc) is 2.77. The average molecular weight is 443 g/mol. The van der Waals surface area contributed by atoms with Gasteiger partial charge in [-0.3, -0.25) is 0 Å². The van der Waals surface area contributed by atoms with Crippen molar-refractivity contribution in [2.45, 2.75) is 52.7 Å². The molecule has 0 saturated heterocycles. The monoisotopic (exact) mass is 442 g/mol. The molecule has 0 aromatic heterocycles. The summed E-state index contributed by atoms with van der Waals surface area (Å²) in [6.07, 6.45) is 0.233. The predicted molar refractivity (Wildman–Crippen MR) is 136 cm³/mol. The first-order valence-corrected chi connectivity index (χ1v) is 11.4. The molecule has 4 heteroatoms. The number of hydrogen-bond acceptors (Lipinski definition) is 4. The highest BCUT2D eigenvalue weighted by atomic mass is 16.5. The first kappa shape index (κ1) is 24.4. The first-order chi connectivity index (χ1) is 15.6. The van der Waals surface area contributed by atoms with E-state index in [4.69, 9.17) is 15.5 Å². The summed E-state index contributed by atoms with van der Waals surface area (Å²) < 4.78 is 5.53. The first-order valence-electron chi connectivity index (χ1n) is 11.4. The Kier molecular flexibility index (Phi) is 7.50. The summed E-state index contributed by atoms with van der Waals surface area (Å²) in [6, 6.07) is 27.8. The standard InChI is InChI=1S/C29H34N2O2/c1-21(2)33-27(32)29(30,20-28(3,4)5)24-16-18-25(19-17-24)31-26(22-12-8-6-9-13-22)23-14-10-7-11-15-23/h6-19,21H,20,30H2,1-5H3/t29-/m1/s1. The summed E-state index contributed by atoms with van der Waals surface area (Å²) in [5, 5.41) is 0. The summed E-state index contributed by atoms with van der Waals surface area (Å²) in [4.78, 5) is 18.0. The van der Waals surface area contributed by atoms with Gasteiger partial charge in [-0.1, -0.05) is 93.6 Å². The van der Waals surface area contributed by atoms with Gasteiger partial charge in [0.1, 0.15) is 5.54 Å². The highest BCUT2D eigenvalue weighted by Crippen LogP contribution is 2.35. The number of nitrogens with zero attached hydrogens (tertiary/aromatic N) is 1. The van der Waals surface area contributed by atoms with Crippen LogP contribution >= 0.6 is 0 Å². The minimum Gasteiger partial charge on any atom is -0.461 e. The Hall–Kier alpha value is -3.24. The van der Waals surface area contributed by atoms with E-state index in [0.717, 1.165) is 28.1 Å². The fraction of sp³-hybridized carbons (Fsp3) is 0.310. The molecule has 0 aliphatic rings. The molecule has 0 radical (unpaired) electrons. The maximum Gasteiger partial charge on any atom is 0.331 e. The normalized spacial score (nSPS) is 13.3. The lowest BCUT2D eigenvalue weighted by Gasteiger charge is -2.34. The second kappa shape index (κ2) is 10.1. The van der Waals surface area contributed by atoms with Crippen LogP contribution in [0.15, 0.2) is 89.9 Å². The Morgan fingerprint density at radius 2 is 1.33 bits per heavy atom. The van der Waals surface area contributed by atoms with E-state index in [-0.39, 0.29) is 11.5 Å². The third-order valence-corrected chi connectivity index (χ3v) is 5.23. The fourth-order valence-electron chi connectivity index (χ4n) is 3.90. The van der Waals surface area contributed by atoms with Gasteiger partial charge in [0.15, 0.2) is 0 Å². The van der Waals surface area contributed by atoms with Crippen LogP contribution in [0.3, 0.4) is 0 Å². The van der Waals surface area contributed by atoms with E-state index in [1.165, 1.54) is 0 Å². The van der Waals surface area contributed by atoms with Gasteiger partial charge in [-0.05, 0) is 43.4 Å². The Balaban J connectivity index is 2.01. The zero-order chi connectivity index (χ0) is 24.1. The molecule has 0 spiro atoms. The van der Waals surface area contributed by atoms with Crippen molar-refractivity contribution in [3.05, 3.63) is 102 Å². The van der Waals surface area contributed by atoms with E-state index < -0.39 is 11.5 Å². The van der Waals surface area contributed by atoms with Crippen LogP contribution in [0, 0.1) is 5.41 Å². The Morgan fingerprint density at radius 3 is 1.76 bits per heavy atom. The number of nitrogens with two attached hydrogens (primary N) is 1. The Morgan fingerprint density at radius 1 is 0.848 bits per heavy atom. The van der Waals surface area contributed by atoms with Crippen molar-refractivity contribution >= 4 is 17.4 Å². The van der Waals surface area contributed by atoms with Crippen molar-refractivity contribution in [1.29, 1.82) is 0 Å². The van der Waals surface area contributed by atoms with E-state index in [9.17, 15) is 4.79 Å². The summed E-state index contributed by atoms with van der Waals surface area (Å²) in [5.41, 5.74) is 9.81. The molecule has 0 aliphatic heterocycles. The van der Waals surface area contributed by atoms with E-state index in [1.807, 2.05) is 74.5 Å². The number of carbonyl (C=O) groups excluding carboxylic acids is 1. The van der Waals surface area contributed by atoms with E-state index >= 15 is 0 Å². The van der Waals surface area contributed by atoms with Gasteiger partial charge >= 0.3 is 5.97 Å². The largest absolute Gasteiger partial charge is 0.461 e. The van der Waals surface area contributed by atoms with Crippen LogP contribution in [0.1, 0.15) is 57.7 Å². The number of aliphatic imine (C=N–C) groups is 1. The van der Waals surface area contributed by atoms with Crippen LogP contribution in [-0.4, -0.2) is 17.8 Å². The predicted octanol–water partition coefficient (Wildman–Crippen LogP) is 6.40. The van der Waals surface area contributed by atoms with Crippen LogP contribution in [-0.2, 0) is 15.1 Å². The lowest BCUT2D eigenvalue weighted by Crippen LogP contribution is -2.49. The molecule has 0 heterocycles. The van der Waals surface area contributed by atoms with Crippen molar-refractivity contribution < 1.29 is 9.53 Å². The molecule has 0 amide bonds. The quantitative estimate of drug-likeness (QED) is 0.340. The number of hydrogen-bond donors (Lipinski definition) is 1.